The maximum Gasteiger partial charge on any atom is 0.131 e. The summed E-state index contributed by atoms with van der Waals surface area (Å²) in [6.45, 7) is 1.99. The predicted molar refractivity (Wildman–Crippen MR) is 51.0 cm³/mol. The van der Waals surface area contributed by atoms with Gasteiger partial charge in [0.05, 0.1) is 5.69 Å². The summed E-state index contributed by atoms with van der Waals surface area (Å²) < 4.78 is 0. The van der Waals surface area contributed by atoms with Crippen molar-refractivity contribution in [3.63, 3.8) is 0 Å². The van der Waals surface area contributed by atoms with Gasteiger partial charge in [0.15, 0.2) is 0 Å². The lowest BCUT2D eigenvalue weighted by molar-refractivity contribution is 1.12. The molecule has 0 atom stereocenters. The van der Waals surface area contributed by atoms with Crippen molar-refractivity contribution in [2.75, 3.05) is 19.0 Å². The highest BCUT2D eigenvalue weighted by Crippen LogP contribution is 2.27. The van der Waals surface area contributed by atoms with Gasteiger partial charge in [0.2, 0.25) is 0 Å². The van der Waals surface area contributed by atoms with E-state index in [-0.39, 0.29) is 0 Å². The lowest BCUT2D eigenvalue weighted by Crippen LogP contribution is -2.08. The van der Waals surface area contributed by atoms with Crippen molar-refractivity contribution in [2.24, 2.45) is 5.18 Å². The Kier molecular flexibility index (Phi) is 2.43. The molecule has 0 saturated heterocycles. The topological polar surface area (TPSA) is 32.7 Å². The van der Waals surface area contributed by atoms with Gasteiger partial charge in [-0.05, 0) is 29.8 Å². The van der Waals surface area contributed by atoms with Gasteiger partial charge in [-0.25, -0.2) is 0 Å². The van der Waals surface area contributed by atoms with Crippen LogP contribution in [0.25, 0.3) is 0 Å². The maximum atomic E-state index is 10.4. The van der Waals surface area contributed by atoms with Crippen LogP contribution in [-0.4, -0.2) is 14.1 Å². The molecule has 0 fully saturated rings. The summed E-state index contributed by atoms with van der Waals surface area (Å²) in [4.78, 5) is 12.2. The summed E-state index contributed by atoms with van der Waals surface area (Å²) in [5.41, 5.74) is 2.49. The number of aryl methyl sites for hydroxylation is 1. The fourth-order valence-corrected chi connectivity index (χ4v) is 1.07. The van der Waals surface area contributed by atoms with Crippen LogP contribution in [0.3, 0.4) is 0 Å². The average Bonchev–Trinajstić information content (AvgIpc) is 2.04. The third kappa shape index (κ3) is 1.61. The highest BCUT2D eigenvalue weighted by Gasteiger charge is 2.03. The number of hydrogen-bond donors (Lipinski definition) is 0. The molecule has 12 heavy (non-hydrogen) atoms. The molecule has 0 spiro atoms. The van der Waals surface area contributed by atoms with Crippen molar-refractivity contribution >= 4 is 11.4 Å². The van der Waals surface area contributed by atoms with Gasteiger partial charge in [-0.1, -0.05) is 6.07 Å². The molecular weight excluding hydrogens is 152 g/mol. The molecule has 3 heteroatoms. The van der Waals surface area contributed by atoms with Crippen molar-refractivity contribution in [1.82, 2.24) is 0 Å². The smallest absolute Gasteiger partial charge is 0.131 e. The van der Waals surface area contributed by atoms with Gasteiger partial charge in [0, 0.05) is 14.1 Å². The first-order valence-electron chi connectivity index (χ1n) is 3.76. The third-order valence-corrected chi connectivity index (χ3v) is 1.71. The number of anilines is 1. The van der Waals surface area contributed by atoms with E-state index in [4.69, 9.17) is 0 Å². The quantitative estimate of drug-likeness (QED) is 0.629. The number of hydrogen-bond acceptors (Lipinski definition) is 3. The Labute approximate surface area is 72.0 Å². The van der Waals surface area contributed by atoms with Gasteiger partial charge in [-0.3, -0.25) is 0 Å². The standard InChI is InChI=1S/C9H12N2O/c1-7-4-5-8(10-12)9(6-7)11(2)3/h4-6H,1-3H3. The summed E-state index contributed by atoms with van der Waals surface area (Å²) >= 11 is 0. The van der Waals surface area contributed by atoms with E-state index < -0.39 is 0 Å². The molecule has 0 radical (unpaired) electrons. The zero-order chi connectivity index (χ0) is 9.14. The van der Waals surface area contributed by atoms with Gasteiger partial charge in [-0.15, -0.1) is 4.91 Å². The lowest BCUT2D eigenvalue weighted by atomic mass is 10.2. The van der Waals surface area contributed by atoms with Crippen LogP contribution >= 0.6 is 0 Å². The molecule has 0 saturated carbocycles. The Morgan fingerprint density at radius 3 is 2.50 bits per heavy atom. The van der Waals surface area contributed by atoms with Crippen LogP contribution in [0, 0.1) is 11.8 Å². The highest BCUT2D eigenvalue weighted by molar-refractivity contribution is 5.67. The Morgan fingerprint density at radius 2 is 2.00 bits per heavy atom. The van der Waals surface area contributed by atoms with Crippen LogP contribution in [0.4, 0.5) is 11.4 Å². The third-order valence-electron chi connectivity index (χ3n) is 1.71. The molecule has 3 nitrogen and oxygen atoms in total. The Bertz CT molecular complexity index is 295. The number of benzene rings is 1. The van der Waals surface area contributed by atoms with Crippen LogP contribution in [-0.2, 0) is 0 Å². The van der Waals surface area contributed by atoms with Crippen LogP contribution in [0.1, 0.15) is 5.56 Å². The van der Waals surface area contributed by atoms with Gasteiger partial charge in [0.25, 0.3) is 0 Å². The molecule has 1 aromatic rings. The second-order valence-electron chi connectivity index (χ2n) is 2.98. The minimum atomic E-state index is 0.491. The molecule has 1 aromatic carbocycles. The molecule has 0 amide bonds. The Morgan fingerprint density at radius 1 is 1.33 bits per heavy atom. The van der Waals surface area contributed by atoms with E-state index in [1.54, 1.807) is 6.07 Å². The second-order valence-corrected chi connectivity index (χ2v) is 2.98. The van der Waals surface area contributed by atoms with Crippen LogP contribution in [0.5, 0.6) is 0 Å². The SMILES string of the molecule is Cc1ccc(N=O)c(N(C)C)c1. The molecule has 0 unspecified atom stereocenters. The van der Waals surface area contributed by atoms with E-state index in [1.807, 2.05) is 38.1 Å². The number of nitrogens with zero attached hydrogens (tertiary/aromatic N) is 2. The second kappa shape index (κ2) is 3.34. The number of nitroso groups, excluding NO2 is 1. The predicted octanol–water partition coefficient (Wildman–Crippen LogP) is 2.46. The number of rotatable bonds is 2. The molecule has 0 N–H and O–H groups in total. The zero-order valence-corrected chi connectivity index (χ0v) is 7.53. The van der Waals surface area contributed by atoms with Crippen molar-refractivity contribution in [3.05, 3.63) is 28.7 Å². The molecule has 1 rings (SSSR count). The maximum absolute atomic E-state index is 10.4. The van der Waals surface area contributed by atoms with E-state index >= 15 is 0 Å². The van der Waals surface area contributed by atoms with Crippen LogP contribution in [0.15, 0.2) is 23.4 Å². The van der Waals surface area contributed by atoms with Crippen molar-refractivity contribution in [3.8, 4) is 0 Å². The summed E-state index contributed by atoms with van der Waals surface area (Å²) in [5.74, 6) is 0. The molecule has 0 bridgehead atoms. The van der Waals surface area contributed by atoms with Crippen LogP contribution in [0.2, 0.25) is 0 Å². The zero-order valence-electron chi connectivity index (χ0n) is 7.53. The summed E-state index contributed by atoms with van der Waals surface area (Å²) in [5, 5.41) is 2.94. The molecule has 64 valence electrons. The molecule has 0 aliphatic rings. The van der Waals surface area contributed by atoms with E-state index in [1.165, 1.54) is 0 Å². The lowest BCUT2D eigenvalue weighted by Gasteiger charge is -2.13. The first-order chi connectivity index (χ1) is 5.65. The minimum Gasteiger partial charge on any atom is -0.376 e. The molecular formula is C9H12N2O. The average molecular weight is 164 g/mol. The first kappa shape index (κ1) is 8.71. The van der Waals surface area contributed by atoms with Crippen LogP contribution < -0.4 is 4.90 Å². The van der Waals surface area contributed by atoms with E-state index in [2.05, 4.69) is 5.18 Å². The monoisotopic (exact) mass is 164 g/mol. The van der Waals surface area contributed by atoms with Crippen molar-refractivity contribution in [1.29, 1.82) is 0 Å². The van der Waals surface area contributed by atoms with E-state index in [0.717, 1.165) is 11.3 Å². The van der Waals surface area contributed by atoms with Crippen molar-refractivity contribution < 1.29 is 0 Å². The fourth-order valence-electron chi connectivity index (χ4n) is 1.07. The molecule has 0 aromatic heterocycles. The van der Waals surface area contributed by atoms with Crippen molar-refractivity contribution in [2.45, 2.75) is 6.92 Å². The molecule has 0 aliphatic heterocycles. The van der Waals surface area contributed by atoms with Gasteiger partial charge in [0.1, 0.15) is 5.69 Å². The van der Waals surface area contributed by atoms with Gasteiger partial charge >= 0.3 is 0 Å². The fraction of sp³-hybridized carbons (Fsp3) is 0.333. The van der Waals surface area contributed by atoms with E-state index in [0.29, 0.717) is 5.69 Å². The minimum absolute atomic E-state index is 0.491. The highest BCUT2D eigenvalue weighted by atomic mass is 16.3. The normalized spacial score (nSPS) is 9.58. The molecule has 0 heterocycles. The largest absolute Gasteiger partial charge is 0.376 e. The molecule has 0 aliphatic carbocycles. The summed E-state index contributed by atoms with van der Waals surface area (Å²) in [6, 6.07) is 5.55. The van der Waals surface area contributed by atoms with E-state index in [9.17, 15) is 4.91 Å². The van der Waals surface area contributed by atoms with Gasteiger partial charge < -0.3 is 4.90 Å². The Balaban J connectivity index is 3.21. The summed E-state index contributed by atoms with van der Waals surface area (Å²) in [6.07, 6.45) is 0. The first-order valence-corrected chi connectivity index (χ1v) is 3.76. The van der Waals surface area contributed by atoms with Gasteiger partial charge in [-0.2, -0.15) is 0 Å². The Hall–Kier alpha value is -1.38. The summed E-state index contributed by atoms with van der Waals surface area (Å²) in [7, 11) is 3.78.